The second kappa shape index (κ2) is 8.49. The highest BCUT2D eigenvalue weighted by Gasteiger charge is 2.18. The van der Waals surface area contributed by atoms with Crippen LogP contribution in [0.5, 0.6) is 0 Å². The van der Waals surface area contributed by atoms with E-state index in [1.807, 2.05) is 0 Å². The van der Waals surface area contributed by atoms with Crippen LogP contribution in [-0.4, -0.2) is 80.7 Å². The first kappa shape index (κ1) is 17.3. The molecular formula is C10H20N6O5. The van der Waals surface area contributed by atoms with Crippen LogP contribution < -0.4 is 14.7 Å². The second-order valence-corrected chi connectivity index (χ2v) is 3.88. The third-order valence-electron chi connectivity index (χ3n) is 2.68. The molecule has 0 aliphatic heterocycles. The zero-order valence-corrected chi connectivity index (χ0v) is 11.7. The van der Waals surface area contributed by atoms with Crippen LogP contribution in [-0.2, 0) is 0 Å². The van der Waals surface area contributed by atoms with Crippen molar-refractivity contribution in [3.8, 4) is 0 Å². The van der Waals surface area contributed by atoms with Crippen LogP contribution in [0.4, 0.5) is 17.8 Å². The summed E-state index contributed by atoms with van der Waals surface area (Å²) in [5.74, 6) is -0.0311. The minimum atomic E-state index is -0.539. The fourth-order valence-electron chi connectivity index (χ4n) is 1.41. The van der Waals surface area contributed by atoms with Gasteiger partial charge in [0.15, 0.2) is 0 Å². The molecule has 1 aromatic rings. The van der Waals surface area contributed by atoms with E-state index in [4.69, 9.17) is 20.4 Å². The van der Waals surface area contributed by atoms with E-state index in [2.05, 4.69) is 15.0 Å². The standard InChI is InChI=1S/C10H20N6O5/c1-2-14(3-17)8-11-9(15(4-18)5-19)13-10(12-8)16(6-20)7-21/h17-21H,2-7H2,1H3. The molecule has 5 N–H and O–H groups in total. The normalized spacial score (nSPS) is 10.6. The average molecular weight is 304 g/mol. The Morgan fingerprint density at radius 1 is 0.619 bits per heavy atom. The fraction of sp³-hybridized carbons (Fsp3) is 0.700. The Morgan fingerprint density at radius 3 is 1.14 bits per heavy atom. The van der Waals surface area contributed by atoms with Crippen LogP contribution in [0.1, 0.15) is 6.92 Å². The number of hydrogen-bond acceptors (Lipinski definition) is 11. The molecule has 0 aromatic carbocycles. The molecule has 0 saturated carbocycles. The van der Waals surface area contributed by atoms with Gasteiger partial charge in [-0.1, -0.05) is 0 Å². The molecule has 11 nitrogen and oxygen atoms in total. The van der Waals surface area contributed by atoms with Crippen LogP contribution >= 0.6 is 0 Å². The molecule has 0 spiro atoms. The molecule has 11 heteroatoms. The van der Waals surface area contributed by atoms with Crippen molar-refractivity contribution in [2.45, 2.75) is 6.92 Å². The maximum atomic E-state index is 9.27. The molecule has 1 aromatic heterocycles. The Morgan fingerprint density at radius 2 is 0.905 bits per heavy atom. The zero-order valence-electron chi connectivity index (χ0n) is 11.7. The summed E-state index contributed by atoms with van der Waals surface area (Å²) in [4.78, 5) is 15.5. The number of hydrogen-bond donors (Lipinski definition) is 5. The summed E-state index contributed by atoms with van der Waals surface area (Å²) in [5, 5.41) is 45.9. The number of nitrogens with zero attached hydrogens (tertiary/aromatic N) is 6. The van der Waals surface area contributed by atoms with Gasteiger partial charge in [-0.15, -0.1) is 0 Å². The number of aliphatic hydroxyl groups excluding tert-OH is 5. The summed E-state index contributed by atoms with van der Waals surface area (Å²) in [7, 11) is 0. The summed E-state index contributed by atoms with van der Waals surface area (Å²) in [6.07, 6.45) is 0. The van der Waals surface area contributed by atoms with Gasteiger partial charge in [-0.2, -0.15) is 15.0 Å². The van der Waals surface area contributed by atoms with Crippen molar-refractivity contribution in [1.82, 2.24) is 15.0 Å². The molecule has 0 fully saturated rings. The molecule has 0 aliphatic carbocycles. The van der Waals surface area contributed by atoms with Crippen LogP contribution in [0.25, 0.3) is 0 Å². The van der Waals surface area contributed by atoms with E-state index in [1.54, 1.807) is 6.92 Å². The van der Waals surface area contributed by atoms with Gasteiger partial charge < -0.3 is 30.4 Å². The predicted octanol–water partition coefficient (Wildman–Crippen LogP) is -2.94. The third kappa shape index (κ3) is 4.09. The first-order valence-corrected chi connectivity index (χ1v) is 6.20. The molecule has 0 saturated heterocycles. The minimum absolute atomic E-state index is 0.0567. The Labute approximate surface area is 121 Å². The number of rotatable bonds is 9. The van der Waals surface area contributed by atoms with E-state index in [9.17, 15) is 5.11 Å². The predicted molar refractivity (Wildman–Crippen MR) is 73.2 cm³/mol. The maximum absolute atomic E-state index is 9.27. The van der Waals surface area contributed by atoms with Crippen molar-refractivity contribution in [3.05, 3.63) is 0 Å². The number of anilines is 3. The lowest BCUT2D eigenvalue weighted by Crippen LogP contribution is -2.33. The van der Waals surface area contributed by atoms with Crippen molar-refractivity contribution in [3.63, 3.8) is 0 Å². The van der Waals surface area contributed by atoms with Crippen molar-refractivity contribution < 1.29 is 25.5 Å². The molecule has 1 heterocycles. The SMILES string of the molecule is CCN(CO)c1nc(N(CO)CO)nc(N(CO)CO)n1. The summed E-state index contributed by atoms with van der Waals surface area (Å²) in [5.41, 5.74) is 0. The van der Waals surface area contributed by atoms with Gasteiger partial charge in [0.05, 0.1) is 0 Å². The van der Waals surface area contributed by atoms with E-state index in [-0.39, 0.29) is 24.6 Å². The smallest absolute Gasteiger partial charge is 0.235 e. The van der Waals surface area contributed by atoms with Gasteiger partial charge in [0.1, 0.15) is 33.7 Å². The third-order valence-corrected chi connectivity index (χ3v) is 2.68. The lowest BCUT2D eigenvalue weighted by Gasteiger charge is -2.24. The molecule has 120 valence electrons. The van der Waals surface area contributed by atoms with E-state index in [1.165, 1.54) is 4.90 Å². The second-order valence-electron chi connectivity index (χ2n) is 3.88. The van der Waals surface area contributed by atoms with Gasteiger partial charge in [0.25, 0.3) is 0 Å². The average Bonchev–Trinajstić information content (AvgIpc) is 2.51. The minimum Gasteiger partial charge on any atom is -0.376 e. The quantitative estimate of drug-likeness (QED) is 0.298. The first-order chi connectivity index (χ1) is 10.1. The van der Waals surface area contributed by atoms with E-state index < -0.39 is 26.9 Å². The largest absolute Gasteiger partial charge is 0.376 e. The van der Waals surface area contributed by atoms with Crippen molar-refractivity contribution in [1.29, 1.82) is 0 Å². The zero-order chi connectivity index (χ0) is 15.8. The molecule has 0 atom stereocenters. The van der Waals surface area contributed by atoms with Gasteiger partial charge in [-0.3, -0.25) is 9.80 Å². The highest BCUT2D eigenvalue weighted by atomic mass is 16.3. The molecule has 0 unspecified atom stereocenters. The molecule has 0 radical (unpaired) electrons. The molecule has 0 bridgehead atoms. The topological polar surface area (TPSA) is 150 Å². The van der Waals surface area contributed by atoms with Gasteiger partial charge in [0.2, 0.25) is 17.8 Å². The van der Waals surface area contributed by atoms with Crippen molar-refractivity contribution in [2.75, 3.05) is 54.9 Å². The summed E-state index contributed by atoms with van der Waals surface area (Å²) in [6, 6.07) is 0. The Hall–Kier alpha value is -1.79. The van der Waals surface area contributed by atoms with E-state index in [0.717, 1.165) is 9.80 Å². The molecule has 1 rings (SSSR count). The van der Waals surface area contributed by atoms with E-state index >= 15 is 0 Å². The monoisotopic (exact) mass is 304 g/mol. The first-order valence-electron chi connectivity index (χ1n) is 6.20. The van der Waals surface area contributed by atoms with E-state index in [0.29, 0.717) is 6.54 Å². The molecule has 0 amide bonds. The molecule has 21 heavy (non-hydrogen) atoms. The van der Waals surface area contributed by atoms with Crippen LogP contribution in [0.15, 0.2) is 0 Å². The van der Waals surface area contributed by atoms with Crippen LogP contribution in [0.3, 0.4) is 0 Å². The van der Waals surface area contributed by atoms with Crippen LogP contribution in [0.2, 0.25) is 0 Å². The molecular weight excluding hydrogens is 284 g/mol. The van der Waals surface area contributed by atoms with Gasteiger partial charge in [0, 0.05) is 6.54 Å². The van der Waals surface area contributed by atoms with Crippen LogP contribution in [0, 0.1) is 0 Å². The lowest BCUT2D eigenvalue weighted by molar-refractivity contribution is 0.217. The summed E-state index contributed by atoms with van der Waals surface area (Å²) in [6.45, 7) is -0.339. The van der Waals surface area contributed by atoms with Crippen molar-refractivity contribution >= 4 is 17.8 Å². The Balaban J connectivity index is 3.30. The van der Waals surface area contributed by atoms with Crippen molar-refractivity contribution in [2.24, 2.45) is 0 Å². The summed E-state index contributed by atoms with van der Waals surface area (Å²) < 4.78 is 0. The lowest BCUT2D eigenvalue weighted by atomic mass is 10.6. The fourth-order valence-corrected chi connectivity index (χ4v) is 1.41. The van der Waals surface area contributed by atoms with Gasteiger partial charge >= 0.3 is 0 Å². The Bertz CT molecular complexity index is 350. The number of aromatic nitrogens is 3. The maximum Gasteiger partial charge on any atom is 0.235 e. The summed E-state index contributed by atoms with van der Waals surface area (Å²) >= 11 is 0. The number of aliphatic hydroxyl groups is 5. The Kier molecular flexibility index (Phi) is 6.98. The molecule has 0 aliphatic rings. The highest BCUT2D eigenvalue weighted by Crippen LogP contribution is 2.18. The highest BCUT2D eigenvalue weighted by molar-refractivity contribution is 5.45. The van der Waals surface area contributed by atoms with Gasteiger partial charge in [-0.05, 0) is 6.92 Å². The van der Waals surface area contributed by atoms with Gasteiger partial charge in [-0.25, -0.2) is 0 Å².